The van der Waals surface area contributed by atoms with Crippen molar-refractivity contribution in [1.29, 1.82) is 0 Å². The van der Waals surface area contributed by atoms with E-state index < -0.39 is 0 Å². The predicted octanol–water partition coefficient (Wildman–Crippen LogP) is 4.29. The molecule has 0 saturated carbocycles. The molecule has 0 radical (unpaired) electrons. The fraction of sp³-hybridized carbons (Fsp3) is 0.150. The molecule has 0 fully saturated rings. The Bertz CT molecular complexity index is 812. The highest BCUT2D eigenvalue weighted by atomic mass is 16.1. The molecule has 0 spiro atoms. The van der Waals surface area contributed by atoms with Crippen molar-refractivity contribution in [3.8, 4) is 0 Å². The van der Waals surface area contributed by atoms with Gasteiger partial charge in [-0.3, -0.25) is 4.79 Å². The standard InChI is InChI=1S/C20H16O/c21-19(12-14-6-2-1-3-7-14)18-13-16-10-4-8-15-9-5-11-17(18)20(15)16/h1-11,18H,12-13H2. The number of hydrogen-bond donors (Lipinski definition) is 0. The highest BCUT2D eigenvalue weighted by molar-refractivity contribution is 5.99. The molecule has 0 N–H and O–H groups in total. The molecule has 1 nitrogen and oxygen atoms in total. The molecule has 0 heterocycles. The molecule has 1 heteroatoms. The molecular formula is C20H16O. The minimum Gasteiger partial charge on any atom is -0.299 e. The van der Waals surface area contributed by atoms with Crippen LogP contribution in [0.1, 0.15) is 22.6 Å². The van der Waals surface area contributed by atoms with Crippen LogP contribution < -0.4 is 0 Å². The third-order valence-electron chi connectivity index (χ3n) is 4.43. The first-order valence-corrected chi connectivity index (χ1v) is 7.40. The van der Waals surface area contributed by atoms with Crippen molar-refractivity contribution >= 4 is 16.6 Å². The smallest absolute Gasteiger partial charge is 0.145 e. The van der Waals surface area contributed by atoms with E-state index >= 15 is 0 Å². The fourth-order valence-corrected chi connectivity index (χ4v) is 3.45. The highest BCUT2D eigenvalue weighted by Crippen LogP contribution is 2.39. The van der Waals surface area contributed by atoms with Gasteiger partial charge in [0.25, 0.3) is 0 Å². The lowest BCUT2D eigenvalue weighted by atomic mass is 9.92. The molecule has 1 aliphatic carbocycles. The minimum absolute atomic E-state index is 0.0197. The van der Waals surface area contributed by atoms with Crippen LogP contribution in [-0.4, -0.2) is 5.78 Å². The highest BCUT2D eigenvalue weighted by Gasteiger charge is 2.29. The van der Waals surface area contributed by atoms with E-state index in [-0.39, 0.29) is 5.92 Å². The molecule has 1 unspecified atom stereocenters. The van der Waals surface area contributed by atoms with Crippen molar-refractivity contribution in [1.82, 2.24) is 0 Å². The van der Waals surface area contributed by atoms with Crippen LogP contribution in [0.15, 0.2) is 66.7 Å². The summed E-state index contributed by atoms with van der Waals surface area (Å²) < 4.78 is 0. The molecule has 1 atom stereocenters. The largest absolute Gasteiger partial charge is 0.299 e. The van der Waals surface area contributed by atoms with Crippen LogP contribution in [0.2, 0.25) is 0 Å². The van der Waals surface area contributed by atoms with Crippen LogP contribution in [-0.2, 0) is 17.6 Å². The molecule has 0 bridgehead atoms. The number of rotatable bonds is 3. The Morgan fingerprint density at radius 2 is 1.67 bits per heavy atom. The second-order valence-corrected chi connectivity index (χ2v) is 5.75. The predicted molar refractivity (Wildman–Crippen MR) is 85.5 cm³/mol. The molecular weight excluding hydrogens is 256 g/mol. The monoisotopic (exact) mass is 272 g/mol. The summed E-state index contributed by atoms with van der Waals surface area (Å²) in [6, 6.07) is 22.7. The summed E-state index contributed by atoms with van der Waals surface area (Å²) in [5, 5.41) is 2.55. The quantitative estimate of drug-likeness (QED) is 0.695. The van der Waals surface area contributed by atoms with E-state index in [1.165, 1.54) is 21.9 Å². The maximum absolute atomic E-state index is 12.7. The molecule has 1 aliphatic rings. The third kappa shape index (κ3) is 2.06. The number of benzene rings is 3. The van der Waals surface area contributed by atoms with E-state index in [2.05, 4.69) is 36.4 Å². The number of ketones is 1. The van der Waals surface area contributed by atoms with Crippen molar-refractivity contribution in [2.24, 2.45) is 0 Å². The summed E-state index contributed by atoms with van der Waals surface area (Å²) in [5.74, 6) is 0.344. The first-order chi connectivity index (χ1) is 10.3. The van der Waals surface area contributed by atoms with Gasteiger partial charge in [0, 0.05) is 12.3 Å². The van der Waals surface area contributed by atoms with Gasteiger partial charge in [-0.2, -0.15) is 0 Å². The van der Waals surface area contributed by atoms with Crippen molar-refractivity contribution in [2.45, 2.75) is 18.8 Å². The van der Waals surface area contributed by atoms with Crippen LogP contribution >= 0.6 is 0 Å². The number of carbonyl (C=O) groups is 1. The molecule has 21 heavy (non-hydrogen) atoms. The Morgan fingerprint density at radius 3 is 2.48 bits per heavy atom. The van der Waals surface area contributed by atoms with Crippen LogP contribution in [0.25, 0.3) is 10.8 Å². The van der Waals surface area contributed by atoms with Crippen LogP contribution in [0.4, 0.5) is 0 Å². The molecule has 0 saturated heterocycles. The van der Waals surface area contributed by atoms with Gasteiger partial charge in [0.05, 0.1) is 0 Å². The van der Waals surface area contributed by atoms with Crippen LogP contribution in [0, 0.1) is 0 Å². The zero-order valence-electron chi connectivity index (χ0n) is 11.8. The zero-order valence-corrected chi connectivity index (χ0v) is 11.8. The summed E-state index contributed by atoms with van der Waals surface area (Å²) in [7, 11) is 0. The molecule has 0 aromatic heterocycles. The summed E-state index contributed by atoms with van der Waals surface area (Å²) >= 11 is 0. The number of Topliss-reactive ketones (excluding diaryl/α,β-unsaturated/α-hetero) is 1. The van der Waals surface area contributed by atoms with Gasteiger partial charge >= 0.3 is 0 Å². The van der Waals surface area contributed by atoms with Crippen molar-refractivity contribution in [3.05, 3.63) is 83.4 Å². The van der Waals surface area contributed by atoms with E-state index in [9.17, 15) is 4.79 Å². The topological polar surface area (TPSA) is 17.1 Å². The number of hydrogen-bond acceptors (Lipinski definition) is 1. The normalized spacial score (nSPS) is 16.3. The summed E-state index contributed by atoms with van der Waals surface area (Å²) in [5.41, 5.74) is 3.63. The first-order valence-electron chi connectivity index (χ1n) is 7.40. The van der Waals surface area contributed by atoms with E-state index in [0.29, 0.717) is 12.2 Å². The van der Waals surface area contributed by atoms with Gasteiger partial charge < -0.3 is 0 Å². The average Bonchev–Trinajstić information content (AvgIpc) is 2.90. The average molecular weight is 272 g/mol. The Hall–Kier alpha value is -2.41. The van der Waals surface area contributed by atoms with Gasteiger partial charge in [-0.05, 0) is 33.9 Å². The van der Waals surface area contributed by atoms with Crippen LogP contribution in [0.3, 0.4) is 0 Å². The lowest BCUT2D eigenvalue weighted by Gasteiger charge is -2.10. The Labute approximate surface area is 124 Å². The molecule has 0 aliphatic heterocycles. The lowest BCUT2D eigenvalue weighted by molar-refractivity contribution is -0.119. The maximum atomic E-state index is 12.7. The minimum atomic E-state index is 0.0197. The van der Waals surface area contributed by atoms with Gasteiger partial charge in [-0.25, -0.2) is 0 Å². The van der Waals surface area contributed by atoms with Gasteiger partial charge in [0.2, 0.25) is 0 Å². The van der Waals surface area contributed by atoms with E-state index in [4.69, 9.17) is 0 Å². The fourth-order valence-electron chi connectivity index (χ4n) is 3.45. The SMILES string of the molecule is O=C(Cc1ccccc1)C1Cc2cccc3cccc1c23. The zero-order chi connectivity index (χ0) is 14.2. The van der Waals surface area contributed by atoms with Crippen molar-refractivity contribution < 1.29 is 4.79 Å². The van der Waals surface area contributed by atoms with E-state index in [1.807, 2.05) is 30.3 Å². The third-order valence-corrected chi connectivity index (χ3v) is 4.43. The summed E-state index contributed by atoms with van der Waals surface area (Å²) in [4.78, 5) is 12.7. The van der Waals surface area contributed by atoms with E-state index in [0.717, 1.165) is 12.0 Å². The molecule has 0 amide bonds. The van der Waals surface area contributed by atoms with Gasteiger partial charge in [0.15, 0.2) is 0 Å². The van der Waals surface area contributed by atoms with Crippen LogP contribution in [0.5, 0.6) is 0 Å². The van der Waals surface area contributed by atoms with Crippen molar-refractivity contribution in [2.75, 3.05) is 0 Å². The van der Waals surface area contributed by atoms with Gasteiger partial charge in [-0.1, -0.05) is 66.7 Å². The maximum Gasteiger partial charge on any atom is 0.145 e. The Balaban J connectivity index is 1.70. The second-order valence-electron chi connectivity index (χ2n) is 5.75. The van der Waals surface area contributed by atoms with Gasteiger partial charge in [0.1, 0.15) is 5.78 Å². The summed E-state index contributed by atoms with van der Waals surface area (Å²) in [6.07, 6.45) is 1.37. The lowest BCUT2D eigenvalue weighted by Crippen LogP contribution is -2.14. The number of carbonyl (C=O) groups excluding carboxylic acids is 1. The molecule has 4 rings (SSSR count). The Morgan fingerprint density at radius 1 is 0.905 bits per heavy atom. The first kappa shape index (κ1) is 12.3. The molecule has 3 aromatic rings. The van der Waals surface area contributed by atoms with E-state index in [1.54, 1.807) is 0 Å². The van der Waals surface area contributed by atoms with Gasteiger partial charge in [-0.15, -0.1) is 0 Å². The second kappa shape index (κ2) is 4.85. The molecule has 3 aromatic carbocycles. The molecule has 102 valence electrons. The Kier molecular flexibility index (Phi) is 2.85. The van der Waals surface area contributed by atoms with Crippen molar-refractivity contribution in [3.63, 3.8) is 0 Å². The summed E-state index contributed by atoms with van der Waals surface area (Å²) in [6.45, 7) is 0.